The second-order valence-electron chi connectivity index (χ2n) is 7.50. The quantitative estimate of drug-likeness (QED) is 0.238. The smallest absolute Gasteiger partial charge is 0.318 e. The van der Waals surface area contributed by atoms with E-state index in [9.17, 15) is 29.8 Å². The number of nitro benzene ring substituents is 2. The molecule has 3 rings (SSSR count). The van der Waals surface area contributed by atoms with Crippen LogP contribution in [0.3, 0.4) is 0 Å². The zero-order valence-electron chi connectivity index (χ0n) is 19.6. The molecule has 0 aliphatic rings. The van der Waals surface area contributed by atoms with Crippen molar-refractivity contribution in [2.24, 2.45) is 5.10 Å². The van der Waals surface area contributed by atoms with E-state index in [0.29, 0.717) is 16.9 Å². The van der Waals surface area contributed by atoms with Crippen molar-refractivity contribution in [3.05, 3.63) is 98.1 Å². The summed E-state index contributed by atoms with van der Waals surface area (Å²) in [7, 11) is 1.51. The molecule has 0 fully saturated rings. The van der Waals surface area contributed by atoms with Gasteiger partial charge in [0.05, 0.1) is 29.2 Å². The highest BCUT2D eigenvalue weighted by molar-refractivity contribution is 5.97. The summed E-state index contributed by atoms with van der Waals surface area (Å²) in [5.41, 5.74) is 2.15. The number of hydrazone groups is 1. The fraction of sp³-hybridized carbons (Fsp3) is 0.125. The molecule has 1 unspecified atom stereocenters. The molecule has 3 aromatic carbocycles. The Morgan fingerprint density at radius 2 is 1.70 bits per heavy atom. The Labute approximate surface area is 210 Å². The average Bonchev–Trinajstić information content (AvgIpc) is 2.88. The maximum absolute atomic E-state index is 12.3. The van der Waals surface area contributed by atoms with E-state index in [1.54, 1.807) is 36.4 Å². The third-order valence-electron chi connectivity index (χ3n) is 4.92. The molecule has 0 aromatic heterocycles. The highest BCUT2D eigenvalue weighted by Gasteiger charge is 2.21. The molecular formula is C24H21N5O8. The van der Waals surface area contributed by atoms with E-state index < -0.39 is 39.1 Å². The highest BCUT2D eigenvalue weighted by atomic mass is 16.6. The van der Waals surface area contributed by atoms with Crippen molar-refractivity contribution in [1.82, 2.24) is 10.7 Å². The first-order valence-corrected chi connectivity index (χ1v) is 10.7. The summed E-state index contributed by atoms with van der Waals surface area (Å²) in [6.45, 7) is 1.50. The number of nitro groups is 2. The number of carbonyl (C=O) groups excluding carboxylic acids is 2. The lowest BCUT2D eigenvalue weighted by molar-refractivity contribution is -0.394. The predicted octanol–water partition coefficient (Wildman–Crippen LogP) is 3.57. The SMILES string of the molecule is COc1ccc(C(=O)NC(C)C(=O)NN=Cc2cccc(Oc3ccc([N+](=O)[O-])cc3[N+](=O)[O-])c2)cc1. The molecule has 13 heteroatoms. The third-order valence-corrected chi connectivity index (χ3v) is 4.92. The van der Waals surface area contributed by atoms with Crippen LogP contribution in [0, 0.1) is 20.2 Å². The number of methoxy groups -OCH3 is 1. The Bertz CT molecular complexity index is 1360. The molecule has 0 radical (unpaired) electrons. The minimum atomic E-state index is -0.885. The Morgan fingerprint density at radius 3 is 2.35 bits per heavy atom. The lowest BCUT2D eigenvalue weighted by atomic mass is 10.2. The Balaban J connectivity index is 1.61. The summed E-state index contributed by atoms with van der Waals surface area (Å²) >= 11 is 0. The standard InChI is InChI=1S/C24H21N5O8/c1-15(26-24(31)17-6-9-19(36-2)10-7-17)23(30)27-25-14-16-4-3-5-20(12-16)37-22-11-8-18(28(32)33)13-21(22)29(34)35/h3-15H,1-2H3,(H,26,31)(H,27,30). The predicted molar refractivity (Wildman–Crippen MR) is 132 cm³/mol. The average molecular weight is 507 g/mol. The molecule has 0 saturated carbocycles. The van der Waals surface area contributed by atoms with Crippen LogP contribution in [0.1, 0.15) is 22.8 Å². The van der Waals surface area contributed by atoms with Crippen molar-refractivity contribution in [1.29, 1.82) is 0 Å². The van der Waals surface area contributed by atoms with Crippen molar-refractivity contribution in [2.75, 3.05) is 7.11 Å². The molecule has 13 nitrogen and oxygen atoms in total. The van der Waals surface area contributed by atoms with Crippen molar-refractivity contribution in [3.63, 3.8) is 0 Å². The van der Waals surface area contributed by atoms with E-state index in [-0.39, 0.29) is 11.5 Å². The number of hydrogen-bond donors (Lipinski definition) is 2. The van der Waals surface area contributed by atoms with Crippen molar-refractivity contribution >= 4 is 29.4 Å². The van der Waals surface area contributed by atoms with E-state index in [1.807, 2.05) is 0 Å². The molecule has 2 amide bonds. The van der Waals surface area contributed by atoms with Crippen LogP contribution in [-0.2, 0) is 4.79 Å². The monoisotopic (exact) mass is 507 g/mol. The van der Waals surface area contributed by atoms with Gasteiger partial charge in [0, 0.05) is 11.6 Å². The first-order valence-electron chi connectivity index (χ1n) is 10.7. The van der Waals surface area contributed by atoms with Gasteiger partial charge in [0.1, 0.15) is 17.5 Å². The van der Waals surface area contributed by atoms with Crippen LogP contribution in [0.5, 0.6) is 17.2 Å². The van der Waals surface area contributed by atoms with Gasteiger partial charge in [0.2, 0.25) is 5.75 Å². The molecule has 37 heavy (non-hydrogen) atoms. The first kappa shape index (κ1) is 26.3. The topological polar surface area (TPSA) is 175 Å². The molecule has 0 saturated heterocycles. The number of benzene rings is 3. The van der Waals surface area contributed by atoms with E-state index in [0.717, 1.165) is 18.2 Å². The molecule has 2 N–H and O–H groups in total. The van der Waals surface area contributed by atoms with Crippen molar-refractivity contribution < 1.29 is 28.9 Å². The minimum absolute atomic E-state index is 0.181. The fourth-order valence-corrected chi connectivity index (χ4v) is 2.99. The zero-order valence-corrected chi connectivity index (χ0v) is 19.6. The van der Waals surface area contributed by atoms with Gasteiger partial charge in [-0.1, -0.05) is 12.1 Å². The van der Waals surface area contributed by atoms with Gasteiger partial charge >= 0.3 is 5.69 Å². The highest BCUT2D eigenvalue weighted by Crippen LogP contribution is 2.34. The van der Waals surface area contributed by atoms with Crippen LogP contribution in [0.15, 0.2) is 71.8 Å². The molecule has 0 aliphatic carbocycles. The van der Waals surface area contributed by atoms with Gasteiger partial charge in [-0.25, -0.2) is 5.43 Å². The number of amides is 2. The van der Waals surface area contributed by atoms with E-state index in [4.69, 9.17) is 9.47 Å². The molecule has 190 valence electrons. The van der Waals surface area contributed by atoms with E-state index in [1.165, 1.54) is 32.4 Å². The summed E-state index contributed by atoms with van der Waals surface area (Å²) in [5, 5.41) is 28.6. The second-order valence-corrected chi connectivity index (χ2v) is 7.50. The van der Waals surface area contributed by atoms with Gasteiger partial charge in [0.15, 0.2) is 0 Å². The summed E-state index contributed by atoms with van der Waals surface area (Å²) in [5.74, 6) is -0.393. The second kappa shape index (κ2) is 11.9. The van der Waals surface area contributed by atoms with E-state index >= 15 is 0 Å². The van der Waals surface area contributed by atoms with Gasteiger partial charge < -0.3 is 14.8 Å². The van der Waals surface area contributed by atoms with Gasteiger partial charge in [-0.2, -0.15) is 5.10 Å². The fourth-order valence-electron chi connectivity index (χ4n) is 2.99. The number of rotatable bonds is 10. The molecule has 0 bridgehead atoms. The number of carbonyl (C=O) groups is 2. The maximum atomic E-state index is 12.3. The maximum Gasteiger partial charge on any atom is 0.318 e. The van der Waals surface area contributed by atoms with Crippen LogP contribution in [-0.4, -0.2) is 41.0 Å². The number of non-ortho nitro benzene ring substituents is 1. The van der Waals surface area contributed by atoms with Gasteiger partial charge in [0.25, 0.3) is 17.5 Å². The number of nitrogens with one attached hydrogen (secondary N) is 2. The summed E-state index contributed by atoms with van der Waals surface area (Å²) in [6, 6.07) is 14.8. The lowest BCUT2D eigenvalue weighted by Gasteiger charge is -2.12. The summed E-state index contributed by atoms with van der Waals surface area (Å²) in [6.07, 6.45) is 1.31. The minimum Gasteiger partial charge on any atom is -0.497 e. The summed E-state index contributed by atoms with van der Waals surface area (Å²) < 4.78 is 10.6. The number of hydrogen-bond acceptors (Lipinski definition) is 9. The molecular weight excluding hydrogens is 486 g/mol. The van der Waals surface area contributed by atoms with Gasteiger partial charge in [-0.05, 0) is 55.0 Å². The van der Waals surface area contributed by atoms with Crippen LogP contribution in [0.2, 0.25) is 0 Å². The molecule has 1 atom stereocenters. The Kier molecular flexibility index (Phi) is 8.44. The Morgan fingerprint density at radius 1 is 0.973 bits per heavy atom. The van der Waals surface area contributed by atoms with Gasteiger partial charge in [-0.3, -0.25) is 29.8 Å². The van der Waals surface area contributed by atoms with Crippen molar-refractivity contribution in [2.45, 2.75) is 13.0 Å². The van der Waals surface area contributed by atoms with Crippen molar-refractivity contribution in [3.8, 4) is 17.2 Å². The molecule has 0 spiro atoms. The molecule has 0 aliphatic heterocycles. The normalized spacial score (nSPS) is 11.4. The molecule has 0 heterocycles. The number of nitrogens with zero attached hydrogens (tertiary/aromatic N) is 3. The number of ether oxygens (including phenoxy) is 2. The zero-order chi connectivity index (χ0) is 26.9. The van der Waals surface area contributed by atoms with Crippen LogP contribution < -0.4 is 20.2 Å². The Hall–Kier alpha value is -5.33. The molecule has 3 aromatic rings. The van der Waals surface area contributed by atoms with Crippen LogP contribution in [0.4, 0.5) is 11.4 Å². The third kappa shape index (κ3) is 7.08. The van der Waals surface area contributed by atoms with E-state index in [2.05, 4.69) is 15.8 Å². The summed E-state index contributed by atoms with van der Waals surface area (Å²) in [4.78, 5) is 45.3. The van der Waals surface area contributed by atoms with Gasteiger partial charge in [-0.15, -0.1) is 0 Å². The van der Waals surface area contributed by atoms with Crippen LogP contribution >= 0.6 is 0 Å². The largest absolute Gasteiger partial charge is 0.497 e. The first-order chi connectivity index (χ1) is 17.7. The van der Waals surface area contributed by atoms with Crippen LogP contribution in [0.25, 0.3) is 0 Å². The lowest BCUT2D eigenvalue weighted by Crippen LogP contribution is -2.43.